The molecule has 0 aromatic heterocycles. The fraction of sp³-hybridized carbons (Fsp3) is 0.381. The number of hydrogen-bond acceptors (Lipinski definition) is 4. The molecule has 2 aromatic rings. The minimum Gasteiger partial charge on any atom is -0.492 e. The summed E-state index contributed by atoms with van der Waals surface area (Å²) in [5.41, 5.74) is 0.733. The molecular weight excluding hydrogens is 401 g/mol. The molecule has 0 aliphatic carbocycles. The van der Waals surface area contributed by atoms with Gasteiger partial charge in [0.1, 0.15) is 18.1 Å². The second kappa shape index (κ2) is 10.6. The van der Waals surface area contributed by atoms with E-state index in [-0.39, 0.29) is 12.0 Å². The summed E-state index contributed by atoms with van der Waals surface area (Å²) in [6.45, 7) is 1.77. The molecule has 0 spiro atoms. The largest absolute Gasteiger partial charge is 0.492 e. The lowest BCUT2D eigenvalue weighted by Gasteiger charge is -2.12. The predicted molar refractivity (Wildman–Crippen MR) is 111 cm³/mol. The first-order valence-electron chi connectivity index (χ1n) is 9.32. The van der Waals surface area contributed by atoms with Crippen LogP contribution in [0.15, 0.2) is 42.5 Å². The van der Waals surface area contributed by atoms with Crippen LogP contribution in [0.1, 0.15) is 25.7 Å². The highest BCUT2D eigenvalue weighted by molar-refractivity contribution is 6.35. The fourth-order valence-corrected chi connectivity index (χ4v) is 3.29. The molecule has 3 rings (SSSR count). The molecule has 5 nitrogen and oxygen atoms in total. The van der Waals surface area contributed by atoms with Crippen LogP contribution in [0.4, 0.5) is 5.69 Å². The third-order valence-corrected chi connectivity index (χ3v) is 4.83. The number of halogens is 2. The van der Waals surface area contributed by atoms with Gasteiger partial charge in [-0.25, -0.2) is 0 Å². The van der Waals surface area contributed by atoms with Crippen LogP contribution in [-0.2, 0) is 9.53 Å². The Morgan fingerprint density at radius 2 is 1.96 bits per heavy atom. The summed E-state index contributed by atoms with van der Waals surface area (Å²) in [7, 11) is 0. The molecule has 0 radical (unpaired) electrons. The zero-order chi connectivity index (χ0) is 19.8. The van der Waals surface area contributed by atoms with Crippen LogP contribution in [0.25, 0.3) is 0 Å². The lowest BCUT2D eigenvalue weighted by Crippen LogP contribution is -2.16. The van der Waals surface area contributed by atoms with Crippen molar-refractivity contribution in [1.82, 2.24) is 0 Å². The summed E-state index contributed by atoms with van der Waals surface area (Å²) in [4.78, 5) is 12.1. The number of carbonyl (C=O) groups excluding carboxylic acids is 1. The van der Waals surface area contributed by atoms with Crippen molar-refractivity contribution >= 4 is 34.8 Å². The molecule has 1 saturated heterocycles. The van der Waals surface area contributed by atoms with Gasteiger partial charge in [0, 0.05) is 23.7 Å². The second-order valence-electron chi connectivity index (χ2n) is 6.55. The molecule has 1 heterocycles. The van der Waals surface area contributed by atoms with Gasteiger partial charge >= 0.3 is 0 Å². The van der Waals surface area contributed by atoms with E-state index in [0.29, 0.717) is 41.9 Å². The Kier molecular flexibility index (Phi) is 7.83. The van der Waals surface area contributed by atoms with E-state index in [4.69, 9.17) is 37.4 Å². The molecule has 2 aromatic carbocycles. The van der Waals surface area contributed by atoms with E-state index in [2.05, 4.69) is 5.32 Å². The summed E-state index contributed by atoms with van der Waals surface area (Å²) in [6, 6.07) is 12.4. The van der Waals surface area contributed by atoms with Crippen LogP contribution in [0.5, 0.6) is 11.5 Å². The molecular formula is C21H23Cl2NO4. The topological polar surface area (TPSA) is 56.8 Å². The quantitative estimate of drug-likeness (QED) is 0.552. The molecule has 1 amide bonds. The van der Waals surface area contributed by atoms with Gasteiger partial charge < -0.3 is 19.5 Å². The zero-order valence-corrected chi connectivity index (χ0v) is 17.0. The molecule has 1 aliphatic heterocycles. The lowest BCUT2D eigenvalue weighted by atomic mass is 10.2. The Balaban J connectivity index is 1.34. The van der Waals surface area contributed by atoms with Crippen LogP contribution in [0.3, 0.4) is 0 Å². The predicted octanol–water partition coefficient (Wildman–Crippen LogP) is 5.35. The van der Waals surface area contributed by atoms with Crippen molar-refractivity contribution in [2.24, 2.45) is 0 Å². The number of hydrogen-bond donors (Lipinski definition) is 1. The SMILES string of the molecule is O=C(CCCOc1ccc(Cl)cc1Cl)Nc1ccc(OCC2CCCO2)cc1. The third-order valence-electron chi connectivity index (χ3n) is 4.30. The smallest absolute Gasteiger partial charge is 0.224 e. The minimum absolute atomic E-state index is 0.0705. The van der Waals surface area contributed by atoms with Gasteiger partial charge in [-0.2, -0.15) is 0 Å². The van der Waals surface area contributed by atoms with Gasteiger partial charge in [-0.15, -0.1) is 0 Å². The van der Waals surface area contributed by atoms with Crippen LogP contribution in [-0.4, -0.2) is 31.8 Å². The number of benzene rings is 2. The van der Waals surface area contributed by atoms with E-state index < -0.39 is 0 Å². The van der Waals surface area contributed by atoms with Crippen LogP contribution < -0.4 is 14.8 Å². The number of anilines is 1. The number of ether oxygens (including phenoxy) is 3. The fourth-order valence-electron chi connectivity index (χ4n) is 2.83. The minimum atomic E-state index is -0.0705. The molecule has 1 atom stereocenters. The summed E-state index contributed by atoms with van der Waals surface area (Å²) in [6.07, 6.45) is 3.25. The first-order valence-corrected chi connectivity index (χ1v) is 10.1. The summed E-state index contributed by atoms with van der Waals surface area (Å²) in [5.74, 6) is 1.26. The Hall–Kier alpha value is -1.95. The molecule has 0 saturated carbocycles. The van der Waals surface area contributed by atoms with Crippen molar-refractivity contribution in [3.8, 4) is 11.5 Å². The molecule has 7 heteroatoms. The number of rotatable bonds is 9. The normalized spacial score (nSPS) is 16.0. The molecule has 150 valence electrons. The highest BCUT2D eigenvalue weighted by Crippen LogP contribution is 2.27. The Labute approximate surface area is 174 Å². The monoisotopic (exact) mass is 423 g/mol. The van der Waals surface area contributed by atoms with Crippen molar-refractivity contribution in [2.45, 2.75) is 31.8 Å². The van der Waals surface area contributed by atoms with Crippen LogP contribution in [0.2, 0.25) is 10.0 Å². The second-order valence-corrected chi connectivity index (χ2v) is 7.39. The maximum absolute atomic E-state index is 12.1. The molecule has 1 fully saturated rings. The molecule has 28 heavy (non-hydrogen) atoms. The third kappa shape index (κ3) is 6.59. The van der Waals surface area contributed by atoms with Crippen molar-refractivity contribution in [3.05, 3.63) is 52.5 Å². The van der Waals surface area contributed by atoms with Crippen molar-refractivity contribution in [1.29, 1.82) is 0 Å². The number of carbonyl (C=O) groups is 1. The first kappa shape index (κ1) is 20.8. The van der Waals surface area contributed by atoms with Gasteiger partial charge in [0.15, 0.2) is 0 Å². The van der Waals surface area contributed by atoms with Crippen molar-refractivity contribution < 1.29 is 19.0 Å². The van der Waals surface area contributed by atoms with E-state index >= 15 is 0 Å². The van der Waals surface area contributed by atoms with Gasteiger partial charge in [-0.3, -0.25) is 4.79 Å². The zero-order valence-electron chi connectivity index (χ0n) is 15.5. The molecule has 1 unspecified atom stereocenters. The Morgan fingerprint density at radius 1 is 1.14 bits per heavy atom. The highest BCUT2D eigenvalue weighted by atomic mass is 35.5. The van der Waals surface area contributed by atoms with E-state index in [1.807, 2.05) is 24.3 Å². The first-order chi connectivity index (χ1) is 13.6. The number of nitrogens with one attached hydrogen (secondary N) is 1. The molecule has 1 N–H and O–H groups in total. The van der Waals surface area contributed by atoms with Gasteiger partial charge in [-0.1, -0.05) is 23.2 Å². The summed E-state index contributed by atoms with van der Waals surface area (Å²) >= 11 is 11.9. The Bertz CT molecular complexity index is 776. The van der Waals surface area contributed by atoms with Crippen molar-refractivity contribution in [3.63, 3.8) is 0 Å². The van der Waals surface area contributed by atoms with E-state index in [0.717, 1.165) is 30.9 Å². The highest BCUT2D eigenvalue weighted by Gasteiger charge is 2.15. The van der Waals surface area contributed by atoms with Gasteiger partial charge in [0.25, 0.3) is 0 Å². The van der Waals surface area contributed by atoms with E-state index in [1.54, 1.807) is 18.2 Å². The molecule has 1 aliphatic rings. The average molecular weight is 424 g/mol. The van der Waals surface area contributed by atoms with Gasteiger partial charge in [0.05, 0.1) is 17.7 Å². The Morgan fingerprint density at radius 3 is 2.68 bits per heavy atom. The number of amides is 1. The standard InChI is InChI=1S/C21H23Cl2NO4/c22-15-5-10-20(19(23)13-15)27-12-2-4-21(25)24-16-6-8-17(9-7-16)28-14-18-3-1-11-26-18/h5-10,13,18H,1-4,11-12,14H2,(H,24,25). The van der Waals surface area contributed by atoms with Crippen LogP contribution in [0, 0.1) is 0 Å². The van der Waals surface area contributed by atoms with E-state index in [9.17, 15) is 4.79 Å². The maximum Gasteiger partial charge on any atom is 0.224 e. The van der Waals surface area contributed by atoms with Crippen molar-refractivity contribution in [2.75, 3.05) is 25.1 Å². The lowest BCUT2D eigenvalue weighted by molar-refractivity contribution is -0.116. The van der Waals surface area contributed by atoms with Crippen LogP contribution >= 0.6 is 23.2 Å². The van der Waals surface area contributed by atoms with Gasteiger partial charge in [-0.05, 0) is 61.7 Å². The van der Waals surface area contributed by atoms with E-state index in [1.165, 1.54) is 0 Å². The summed E-state index contributed by atoms with van der Waals surface area (Å²) < 4.78 is 16.8. The summed E-state index contributed by atoms with van der Waals surface area (Å²) in [5, 5.41) is 3.88. The average Bonchev–Trinajstić information content (AvgIpc) is 3.20. The van der Waals surface area contributed by atoms with Gasteiger partial charge in [0.2, 0.25) is 5.91 Å². The molecule has 0 bridgehead atoms. The maximum atomic E-state index is 12.1.